The van der Waals surface area contributed by atoms with Gasteiger partial charge in [-0.25, -0.2) is 0 Å². The van der Waals surface area contributed by atoms with Gasteiger partial charge < -0.3 is 20.5 Å². The van der Waals surface area contributed by atoms with E-state index in [0.717, 1.165) is 53.4 Å². The maximum Gasteiger partial charge on any atom is 0.255 e. The zero-order valence-corrected chi connectivity index (χ0v) is 21.8. The lowest BCUT2D eigenvalue weighted by Gasteiger charge is -2.38. The van der Waals surface area contributed by atoms with Crippen molar-refractivity contribution in [3.8, 4) is 0 Å². The molecule has 7 heteroatoms. The number of nitrogens with one attached hydrogen (secondary N) is 3. The number of benzene rings is 2. The van der Waals surface area contributed by atoms with E-state index in [9.17, 15) is 14.4 Å². The number of para-hydroxylation sites is 1. The fraction of sp³-hybridized carbons (Fsp3) is 0.433. The van der Waals surface area contributed by atoms with Crippen LogP contribution in [0.2, 0.25) is 0 Å². The molecule has 3 N–H and O–H groups in total. The summed E-state index contributed by atoms with van der Waals surface area (Å²) in [5, 5.41) is 7.08. The highest BCUT2D eigenvalue weighted by Gasteiger charge is 2.49. The van der Waals surface area contributed by atoms with Gasteiger partial charge in [-0.15, -0.1) is 0 Å². The van der Waals surface area contributed by atoms with Gasteiger partial charge >= 0.3 is 0 Å². The Kier molecular flexibility index (Phi) is 7.04. The largest absolute Gasteiger partial charge is 0.356 e. The van der Waals surface area contributed by atoms with E-state index in [2.05, 4.69) is 28.6 Å². The minimum absolute atomic E-state index is 0.0888. The third-order valence-corrected chi connectivity index (χ3v) is 7.73. The van der Waals surface area contributed by atoms with Crippen LogP contribution in [0.1, 0.15) is 79.7 Å². The summed E-state index contributed by atoms with van der Waals surface area (Å²) < 4.78 is 0. The van der Waals surface area contributed by atoms with Crippen molar-refractivity contribution < 1.29 is 14.4 Å². The molecule has 7 nitrogen and oxygen atoms in total. The molecule has 3 atom stereocenters. The first-order valence-electron chi connectivity index (χ1n) is 13.5. The van der Waals surface area contributed by atoms with Crippen molar-refractivity contribution in [2.75, 3.05) is 6.54 Å². The van der Waals surface area contributed by atoms with Gasteiger partial charge in [0.2, 0.25) is 11.8 Å². The van der Waals surface area contributed by atoms with E-state index in [0.29, 0.717) is 18.5 Å². The van der Waals surface area contributed by atoms with Crippen LogP contribution in [-0.2, 0) is 16.0 Å². The van der Waals surface area contributed by atoms with Gasteiger partial charge in [-0.1, -0.05) is 76.4 Å². The SMILES string of the molecule is CCCCCCNC(=O)[C@H](NC(=O)[C@H]1Cc2c([nH]c3ccccc23)[C@H]2c3ccccc3C(=O)N21)C(C)C. The molecule has 1 aromatic heterocycles. The molecule has 5 rings (SSSR count). The van der Waals surface area contributed by atoms with Crippen molar-refractivity contribution in [2.45, 2.75) is 71.0 Å². The summed E-state index contributed by atoms with van der Waals surface area (Å²) in [6.45, 7) is 6.61. The standard InChI is InChI=1S/C30H36N4O3/c1-4-5-6-11-16-31-29(36)25(18(2)3)33-28(35)24-17-22-19-12-9-10-15-23(19)32-26(22)27-20-13-7-8-14-21(20)30(37)34(24)27/h7-10,12-15,18,24-25,27,32H,4-6,11,16-17H2,1-3H3,(H,31,36)(H,33,35)/t24-,25-,27-/m1/s1. The normalized spacial score (nSPS) is 18.9. The summed E-state index contributed by atoms with van der Waals surface area (Å²) >= 11 is 0. The van der Waals surface area contributed by atoms with Gasteiger partial charge in [-0.2, -0.15) is 0 Å². The molecule has 0 radical (unpaired) electrons. The van der Waals surface area contributed by atoms with E-state index in [1.165, 1.54) is 0 Å². The number of carbonyl (C=O) groups is 3. The predicted octanol–water partition coefficient (Wildman–Crippen LogP) is 4.48. The van der Waals surface area contributed by atoms with Crippen molar-refractivity contribution in [3.05, 3.63) is 70.9 Å². The third-order valence-electron chi connectivity index (χ3n) is 7.73. The first-order valence-corrected chi connectivity index (χ1v) is 13.5. The minimum Gasteiger partial charge on any atom is -0.356 e. The Morgan fingerprint density at radius 3 is 2.59 bits per heavy atom. The Hall–Kier alpha value is -3.61. The molecular weight excluding hydrogens is 464 g/mol. The highest BCUT2D eigenvalue weighted by Crippen LogP contribution is 2.46. The molecule has 0 saturated carbocycles. The van der Waals surface area contributed by atoms with Crippen LogP contribution in [0.3, 0.4) is 0 Å². The molecule has 3 heterocycles. The molecule has 0 aliphatic carbocycles. The quantitative estimate of drug-likeness (QED) is 0.378. The van der Waals surface area contributed by atoms with Crippen LogP contribution in [0.4, 0.5) is 0 Å². The van der Waals surface area contributed by atoms with E-state index in [-0.39, 0.29) is 29.7 Å². The molecule has 0 saturated heterocycles. The monoisotopic (exact) mass is 500 g/mol. The van der Waals surface area contributed by atoms with Gasteiger partial charge in [0.1, 0.15) is 12.1 Å². The highest BCUT2D eigenvalue weighted by molar-refractivity contribution is 6.04. The number of carbonyl (C=O) groups excluding carboxylic acids is 3. The Morgan fingerprint density at radius 1 is 1.05 bits per heavy atom. The van der Waals surface area contributed by atoms with Crippen molar-refractivity contribution >= 4 is 28.6 Å². The lowest BCUT2D eigenvalue weighted by Crippen LogP contribution is -2.57. The maximum absolute atomic E-state index is 13.8. The number of hydrogen-bond acceptors (Lipinski definition) is 3. The molecule has 0 unspecified atom stereocenters. The van der Waals surface area contributed by atoms with Gasteiger partial charge in [-0.05, 0) is 35.6 Å². The van der Waals surface area contributed by atoms with Crippen LogP contribution in [0, 0.1) is 5.92 Å². The Balaban J connectivity index is 1.44. The average Bonchev–Trinajstić information content (AvgIpc) is 3.42. The molecule has 2 aromatic carbocycles. The lowest BCUT2D eigenvalue weighted by atomic mass is 9.89. The molecule has 0 bridgehead atoms. The van der Waals surface area contributed by atoms with Crippen LogP contribution in [0.5, 0.6) is 0 Å². The van der Waals surface area contributed by atoms with Crippen LogP contribution in [0.15, 0.2) is 48.5 Å². The number of fused-ring (bicyclic) bond motifs is 7. The van der Waals surface area contributed by atoms with Crippen LogP contribution in [-0.4, -0.2) is 46.2 Å². The number of amides is 3. The molecule has 2 aliphatic rings. The Labute approximate surface area is 218 Å². The van der Waals surface area contributed by atoms with E-state index in [4.69, 9.17) is 0 Å². The summed E-state index contributed by atoms with van der Waals surface area (Å²) in [6.07, 6.45) is 4.67. The number of hydrogen-bond donors (Lipinski definition) is 3. The van der Waals surface area contributed by atoms with Crippen molar-refractivity contribution in [1.29, 1.82) is 0 Å². The first-order chi connectivity index (χ1) is 17.9. The lowest BCUT2D eigenvalue weighted by molar-refractivity contribution is -0.132. The van der Waals surface area contributed by atoms with E-state index in [1.807, 2.05) is 56.3 Å². The van der Waals surface area contributed by atoms with Gasteiger partial charge in [0.05, 0.1) is 6.04 Å². The molecule has 3 amide bonds. The third kappa shape index (κ3) is 4.52. The van der Waals surface area contributed by atoms with E-state index in [1.54, 1.807) is 4.90 Å². The summed E-state index contributed by atoms with van der Waals surface area (Å²) in [5.74, 6) is -0.696. The molecule has 0 spiro atoms. The predicted molar refractivity (Wildman–Crippen MR) is 144 cm³/mol. The maximum atomic E-state index is 13.8. The molecule has 3 aromatic rings. The number of aromatic amines is 1. The highest BCUT2D eigenvalue weighted by atomic mass is 16.2. The van der Waals surface area contributed by atoms with Gasteiger partial charge in [0.25, 0.3) is 5.91 Å². The second kappa shape index (κ2) is 10.4. The summed E-state index contributed by atoms with van der Waals surface area (Å²) in [6, 6.07) is 13.9. The van der Waals surface area contributed by atoms with Gasteiger partial charge in [-0.3, -0.25) is 14.4 Å². The van der Waals surface area contributed by atoms with Crippen LogP contribution < -0.4 is 10.6 Å². The zero-order chi connectivity index (χ0) is 26.1. The number of unbranched alkanes of at least 4 members (excludes halogenated alkanes) is 3. The second-order valence-electron chi connectivity index (χ2n) is 10.6. The molecule has 2 aliphatic heterocycles. The second-order valence-corrected chi connectivity index (χ2v) is 10.6. The van der Waals surface area contributed by atoms with Crippen molar-refractivity contribution in [2.24, 2.45) is 5.92 Å². The number of H-pyrrole nitrogens is 1. The zero-order valence-electron chi connectivity index (χ0n) is 21.8. The van der Waals surface area contributed by atoms with Gasteiger partial charge in [0, 0.05) is 35.1 Å². The number of rotatable bonds is 9. The number of aromatic nitrogens is 1. The summed E-state index contributed by atoms with van der Waals surface area (Å²) in [4.78, 5) is 45.7. The summed E-state index contributed by atoms with van der Waals surface area (Å²) in [5.41, 5.74) is 4.55. The fourth-order valence-electron chi connectivity index (χ4n) is 5.80. The van der Waals surface area contributed by atoms with Crippen LogP contribution in [0.25, 0.3) is 10.9 Å². The topological polar surface area (TPSA) is 94.3 Å². The fourth-order valence-corrected chi connectivity index (χ4v) is 5.80. The van der Waals surface area contributed by atoms with E-state index >= 15 is 0 Å². The first kappa shape index (κ1) is 25.1. The van der Waals surface area contributed by atoms with Crippen molar-refractivity contribution in [3.63, 3.8) is 0 Å². The molecule has 194 valence electrons. The molecule has 37 heavy (non-hydrogen) atoms. The average molecular weight is 501 g/mol. The minimum atomic E-state index is -0.713. The van der Waals surface area contributed by atoms with Crippen LogP contribution >= 0.6 is 0 Å². The summed E-state index contributed by atoms with van der Waals surface area (Å²) in [7, 11) is 0. The Bertz CT molecular complexity index is 1330. The number of nitrogens with zero attached hydrogens (tertiary/aromatic N) is 1. The molecule has 0 fully saturated rings. The Morgan fingerprint density at radius 2 is 1.81 bits per heavy atom. The van der Waals surface area contributed by atoms with E-state index < -0.39 is 12.1 Å². The molecular formula is C30H36N4O3. The smallest absolute Gasteiger partial charge is 0.255 e. The van der Waals surface area contributed by atoms with Gasteiger partial charge in [0.15, 0.2) is 0 Å². The van der Waals surface area contributed by atoms with Crippen molar-refractivity contribution in [1.82, 2.24) is 20.5 Å².